The van der Waals surface area contributed by atoms with Crippen molar-refractivity contribution in [2.24, 2.45) is 0 Å². The van der Waals surface area contributed by atoms with Gasteiger partial charge in [0.1, 0.15) is 46.7 Å². The van der Waals surface area contributed by atoms with E-state index in [1.807, 2.05) is 0 Å². The summed E-state index contributed by atoms with van der Waals surface area (Å²) in [4.78, 5) is 13.7. The molecule has 7 N–H and O–H groups in total. The molecule has 0 saturated carbocycles. The fourth-order valence-electron chi connectivity index (χ4n) is 7.53. The van der Waals surface area contributed by atoms with Crippen molar-refractivity contribution in [3.63, 3.8) is 0 Å². The molecular formula is C34H28O12. The highest BCUT2D eigenvalue weighted by molar-refractivity contribution is 5.87. The molecule has 3 fully saturated rings. The number of carbonyl (C=O) groups excluding carboxylic acids is 1. The second kappa shape index (κ2) is 9.74. The molecule has 4 aromatic carbocycles. The van der Waals surface area contributed by atoms with Crippen molar-refractivity contribution in [1.82, 2.24) is 0 Å². The number of phenolic OH excluding ortho intramolecular Hbond substituents is 5. The van der Waals surface area contributed by atoms with Crippen LogP contribution in [-0.4, -0.2) is 71.9 Å². The molecule has 8 atom stereocenters. The van der Waals surface area contributed by atoms with E-state index in [1.54, 1.807) is 24.3 Å². The van der Waals surface area contributed by atoms with Crippen LogP contribution >= 0.6 is 0 Å². The summed E-state index contributed by atoms with van der Waals surface area (Å²) >= 11 is 0. The summed E-state index contributed by atoms with van der Waals surface area (Å²) in [5.74, 6) is -5.92. The monoisotopic (exact) mass is 628 g/mol. The van der Waals surface area contributed by atoms with Crippen molar-refractivity contribution in [1.29, 1.82) is 0 Å². The van der Waals surface area contributed by atoms with Gasteiger partial charge < -0.3 is 54.7 Å². The van der Waals surface area contributed by atoms with Gasteiger partial charge in [-0.05, 0) is 64.7 Å². The largest absolute Gasteiger partial charge is 0.508 e. The van der Waals surface area contributed by atoms with Gasteiger partial charge in [0.15, 0.2) is 6.10 Å². The number of carbonyl (C=O) groups is 1. The van der Waals surface area contributed by atoms with Crippen LogP contribution in [0.5, 0.6) is 34.5 Å². The topological polar surface area (TPSA) is 196 Å². The Morgan fingerprint density at radius 3 is 1.89 bits per heavy atom. The van der Waals surface area contributed by atoms with Crippen molar-refractivity contribution in [2.75, 3.05) is 6.61 Å². The summed E-state index contributed by atoms with van der Waals surface area (Å²) < 4.78 is 24.3. The van der Waals surface area contributed by atoms with Gasteiger partial charge in [-0.2, -0.15) is 0 Å². The number of aromatic hydroxyl groups is 5. The Morgan fingerprint density at radius 2 is 1.26 bits per heavy atom. The van der Waals surface area contributed by atoms with Crippen molar-refractivity contribution >= 4 is 5.97 Å². The van der Waals surface area contributed by atoms with Crippen LogP contribution < -0.4 is 4.74 Å². The smallest absolute Gasteiger partial charge is 0.345 e. The molecule has 3 saturated heterocycles. The maximum absolute atomic E-state index is 13.7. The summed E-state index contributed by atoms with van der Waals surface area (Å²) in [6.07, 6.45) is -4.62. The maximum atomic E-state index is 13.7. The highest BCUT2D eigenvalue weighted by Gasteiger charge is 2.83. The van der Waals surface area contributed by atoms with Gasteiger partial charge in [-0.15, -0.1) is 0 Å². The molecule has 0 aliphatic carbocycles. The highest BCUT2D eigenvalue weighted by Crippen LogP contribution is 2.66. The zero-order valence-electron chi connectivity index (χ0n) is 23.8. The zero-order valence-corrected chi connectivity index (χ0v) is 23.8. The van der Waals surface area contributed by atoms with E-state index in [-0.39, 0.29) is 46.7 Å². The first-order chi connectivity index (χ1) is 22.0. The van der Waals surface area contributed by atoms with E-state index >= 15 is 0 Å². The lowest BCUT2D eigenvalue weighted by atomic mass is 9.71. The number of fused-ring (bicyclic) bond motifs is 1. The number of hydrogen-bond acceptors (Lipinski definition) is 12. The van der Waals surface area contributed by atoms with E-state index in [2.05, 4.69) is 0 Å². The highest BCUT2D eigenvalue weighted by atomic mass is 16.8. The molecule has 4 heterocycles. The third-order valence-electron chi connectivity index (χ3n) is 9.41. The van der Waals surface area contributed by atoms with Gasteiger partial charge in [0.05, 0.1) is 24.5 Å². The molecular weight excluding hydrogens is 600 g/mol. The molecule has 46 heavy (non-hydrogen) atoms. The number of benzene rings is 4. The molecule has 236 valence electrons. The van der Waals surface area contributed by atoms with E-state index < -0.39 is 53.6 Å². The minimum Gasteiger partial charge on any atom is -0.508 e. The zero-order chi connectivity index (χ0) is 32.1. The lowest BCUT2D eigenvalue weighted by molar-refractivity contribution is -0.259. The van der Waals surface area contributed by atoms with Crippen molar-refractivity contribution in [3.8, 4) is 34.5 Å². The lowest BCUT2D eigenvalue weighted by Crippen LogP contribution is -2.57. The van der Waals surface area contributed by atoms with E-state index in [4.69, 9.17) is 18.9 Å². The molecule has 4 aliphatic heterocycles. The Morgan fingerprint density at radius 1 is 0.674 bits per heavy atom. The standard InChI is InChI=1S/C34H28O12/c35-18-5-1-15(2-6-18)29-26(17-9-20(37)11-21(38)10-17)27-23(12-22(39)13-25(27)44-29)28-30(16-3-7-19(36)8-4-16)46-34-31(24(40)14-43-34)45-32(41)33(28,34)42/h1-13,24,26,28-31,35-40,42H,14H2/t24-,26-,28+,29+,30+,31-,33-,34+/m1/s1. The summed E-state index contributed by atoms with van der Waals surface area (Å²) in [6, 6.07) is 19.0. The number of esters is 1. The maximum Gasteiger partial charge on any atom is 0.345 e. The Hall–Kier alpha value is -5.01. The minimum atomic E-state index is -2.54. The van der Waals surface area contributed by atoms with Gasteiger partial charge in [0.2, 0.25) is 5.60 Å². The number of aliphatic hydroxyl groups excluding tert-OH is 1. The molecule has 0 radical (unpaired) electrons. The lowest BCUT2D eigenvalue weighted by Gasteiger charge is -2.32. The van der Waals surface area contributed by atoms with Crippen LogP contribution in [0.3, 0.4) is 0 Å². The number of ether oxygens (including phenoxy) is 4. The Bertz CT molecular complexity index is 1850. The Kier molecular flexibility index (Phi) is 6.03. The van der Waals surface area contributed by atoms with Gasteiger partial charge in [-0.3, -0.25) is 0 Å². The molecule has 0 bridgehead atoms. The first kappa shape index (κ1) is 28.5. The van der Waals surface area contributed by atoms with Crippen LogP contribution in [-0.2, 0) is 19.0 Å². The molecule has 0 aromatic heterocycles. The first-order valence-corrected chi connectivity index (χ1v) is 14.6. The summed E-state index contributed by atoms with van der Waals surface area (Å²) in [5.41, 5.74) is -0.483. The molecule has 0 unspecified atom stereocenters. The van der Waals surface area contributed by atoms with Crippen molar-refractivity contribution < 1.29 is 59.5 Å². The summed E-state index contributed by atoms with van der Waals surface area (Å²) in [6.45, 7) is -0.287. The molecule has 12 nitrogen and oxygen atoms in total. The number of aliphatic hydroxyl groups is 2. The average Bonchev–Trinajstić information content (AvgIpc) is 3.68. The van der Waals surface area contributed by atoms with Crippen molar-refractivity contribution in [2.45, 2.75) is 47.6 Å². The van der Waals surface area contributed by atoms with Crippen LogP contribution in [0.1, 0.15) is 51.9 Å². The SMILES string of the molecule is O=C1O[C@@H]2[C@H](O)CO[C@]23O[C@@H](c2ccc(O)cc2)[C@H](c2cc(O)cc4c2[C@@H](c2cc(O)cc(O)c2)[C@H](c2ccc(O)cc2)O4)[C@@]13O. The molecule has 4 aromatic rings. The van der Waals surface area contributed by atoms with Crippen LogP contribution in [0, 0.1) is 0 Å². The van der Waals surface area contributed by atoms with Gasteiger partial charge in [-0.1, -0.05) is 24.3 Å². The summed E-state index contributed by atoms with van der Waals surface area (Å²) in [7, 11) is 0. The van der Waals surface area contributed by atoms with Crippen LogP contribution in [0.25, 0.3) is 0 Å². The molecule has 1 spiro atoms. The van der Waals surface area contributed by atoms with E-state index in [0.29, 0.717) is 22.3 Å². The van der Waals surface area contributed by atoms with Gasteiger partial charge in [-0.25, -0.2) is 4.79 Å². The number of hydrogen-bond donors (Lipinski definition) is 7. The average molecular weight is 629 g/mol. The van der Waals surface area contributed by atoms with Crippen LogP contribution in [0.2, 0.25) is 0 Å². The predicted molar refractivity (Wildman–Crippen MR) is 155 cm³/mol. The second-order valence-corrected chi connectivity index (χ2v) is 12.1. The second-order valence-electron chi connectivity index (χ2n) is 12.1. The minimum absolute atomic E-state index is 0.0181. The van der Waals surface area contributed by atoms with Gasteiger partial charge in [0, 0.05) is 17.7 Å². The third kappa shape index (κ3) is 3.84. The molecule has 8 rings (SSSR count). The van der Waals surface area contributed by atoms with E-state index in [1.165, 1.54) is 54.6 Å². The third-order valence-corrected chi connectivity index (χ3v) is 9.41. The number of rotatable bonds is 4. The van der Waals surface area contributed by atoms with Crippen molar-refractivity contribution in [3.05, 3.63) is 107 Å². The van der Waals surface area contributed by atoms with E-state index in [9.17, 15) is 40.5 Å². The normalized spacial score (nSPS) is 32.4. The van der Waals surface area contributed by atoms with Crippen LogP contribution in [0.15, 0.2) is 78.9 Å². The predicted octanol–water partition coefficient (Wildman–Crippen LogP) is 3.08. The number of phenols is 5. The summed E-state index contributed by atoms with van der Waals surface area (Å²) in [5, 5.41) is 75.3. The van der Waals surface area contributed by atoms with Gasteiger partial charge >= 0.3 is 5.97 Å². The quantitative estimate of drug-likeness (QED) is 0.164. The van der Waals surface area contributed by atoms with E-state index in [0.717, 1.165) is 0 Å². The molecule has 4 aliphatic rings. The van der Waals surface area contributed by atoms with Crippen LogP contribution in [0.4, 0.5) is 0 Å². The Labute approximate surface area is 260 Å². The molecule has 0 amide bonds. The first-order valence-electron chi connectivity index (χ1n) is 14.6. The van der Waals surface area contributed by atoms with Gasteiger partial charge in [0.25, 0.3) is 5.79 Å². The Balaban J connectivity index is 1.39. The fourth-order valence-corrected chi connectivity index (χ4v) is 7.53. The fraction of sp³-hybridized carbons (Fsp3) is 0.265. The molecule has 12 heteroatoms.